The maximum Gasteiger partial charge on any atom is 0.274 e. The summed E-state index contributed by atoms with van der Waals surface area (Å²) in [6.45, 7) is 8.80. The van der Waals surface area contributed by atoms with E-state index in [-0.39, 0.29) is 5.91 Å². The molecule has 0 spiro atoms. The predicted molar refractivity (Wildman–Crippen MR) is 110 cm³/mol. The summed E-state index contributed by atoms with van der Waals surface area (Å²) in [5.41, 5.74) is 5.48. The van der Waals surface area contributed by atoms with E-state index in [1.54, 1.807) is 12.3 Å². The summed E-state index contributed by atoms with van der Waals surface area (Å²) >= 11 is 0. The second-order valence-electron chi connectivity index (χ2n) is 6.66. The van der Waals surface area contributed by atoms with Gasteiger partial charge in [-0.3, -0.25) is 4.79 Å². The third-order valence-corrected chi connectivity index (χ3v) is 4.23. The molecule has 0 atom stereocenters. The minimum Gasteiger partial charge on any atom is -0.321 e. The van der Waals surface area contributed by atoms with Crippen molar-refractivity contribution in [3.05, 3.63) is 77.1 Å². The molecule has 1 heterocycles. The fourth-order valence-corrected chi connectivity index (χ4v) is 3.08. The lowest BCUT2D eigenvalue weighted by Gasteiger charge is -2.21. The van der Waals surface area contributed by atoms with Crippen LogP contribution in [0.4, 0.5) is 17.3 Å². The van der Waals surface area contributed by atoms with E-state index < -0.39 is 0 Å². The lowest BCUT2D eigenvalue weighted by molar-refractivity contribution is 0.102. The molecule has 0 aliphatic heterocycles. The van der Waals surface area contributed by atoms with Crippen LogP contribution in [0.3, 0.4) is 0 Å². The molecule has 1 N–H and O–H groups in total. The third kappa shape index (κ3) is 4.50. The number of hydrogen-bond acceptors (Lipinski definition) is 4. The standard InChI is InChI=1S/C22H24N4O/c1-5-26(19-8-6-7-15(2)14-19)22-23-10-9-20(25-22)21(27)24-18-12-16(3)11-17(4)13-18/h6-14H,5H2,1-4H3,(H,24,27). The fourth-order valence-electron chi connectivity index (χ4n) is 3.08. The second kappa shape index (κ2) is 7.99. The van der Waals surface area contributed by atoms with Gasteiger partial charge in [0.1, 0.15) is 5.69 Å². The molecule has 0 aliphatic carbocycles. The number of rotatable bonds is 5. The highest BCUT2D eigenvalue weighted by molar-refractivity contribution is 6.03. The van der Waals surface area contributed by atoms with E-state index >= 15 is 0 Å². The smallest absolute Gasteiger partial charge is 0.274 e. The van der Waals surface area contributed by atoms with Crippen molar-refractivity contribution >= 4 is 23.2 Å². The van der Waals surface area contributed by atoms with Gasteiger partial charge in [0.2, 0.25) is 5.95 Å². The van der Waals surface area contributed by atoms with Crippen LogP contribution in [-0.4, -0.2) is 22.4 Å². The molecule has 0 saturated carbocycles. The SMILES string of the molecule is CCN(c1cccc(C)c1)c1nccc(C(=O)Nc2cc(C)cc(C)c2)n1. The summed E-state index contributed by atoms with van der Waals surface area (Å²) in [6, 6.07) is 15.7. The van der Waals surface area contributed by atoms with Gasteiger partial charge in [0.25, 0.3) is 5.91 Å². The van der Waals surface area contributed by atoms with Crippen LogP contribution in [0.5, 0.6) is 0 Å². The number of nitrogens with zero attached hydrogens (tertiary/aromatic N) is 3. The van der Waals surface area contributed by atoms with E-state index in [0.717, 1.165) is 28.1 Å². The first-order valence-electron chi connectivity index (χ1n) is 9.03. The first kappa shape index (κ1) is 18.6. The number of anilines is 3. The maximum atomic E-state index is 12.7. The van der Waals surface area contributed by atoms with Crippen LogP contribution in [0.15, 0.2) is 54.7 Å². The molecular formula is C22H24N4O. The van der Waals surface area contributed by atoms with Crippen LogP contribution >= 0.6 is 0 Å². The van der Waals surface area contributed by atoms with Crippen LogP contribution in [0.1, 0.15) is 34.1 Å². The summed E-state index contributed by atoms with van der Waals surface area (Å²) in [6.07, 6.45) is 1.62. The van der Waals surface area contributed by atoms with Crippen molar-refractivity contribution in [3.63, 3.8) is 0 Å². The average Bonchev–Trinajstić information content (AvgIpc) is 2.62. The quantitative estimate of drug-likeness (QED) is 0.709. The highest BCUT2D eigenvalue weighted by atomic mass is 16.1. The van der Waals surface area contributed by atoms with Gasteiger partial charge in [-0.1, -0.05) is 18.2 Å². The van der Waals surface area contributed by atoms with Crippen molar-refractivity contribution in [1.82, 2.24) is 9.97 Å². The van der Waals surface area contributed by atoms with E-state index in [1.165, 1.54) is 0 Å². The van der Waals surface area contributed by atoms with Gasteiger partial charge in [0.05, 0.1) is 0 Å². The molecular weight excluding hydrogens is 336 g/mol. The van der Waals surface area contributed by atoms with Gasteiger partial charge in [-0.2, -0.15) is 0 Å². The van der Waals surface area contributed by atoms with Crippen LogP contribution in [0.2, 0.25) is 0 Å². The lowest BCUT2D eigenvalue weighted by Crippen LogP contribution is -2.21. The Hall–Kier alpha value is -3.21. The molecule has 3 rings (SSSR count). The van der Waals surface area contributed by atoms with Crippen LogP contribution < -0.4 is 10.2 Å². The van der Waals surface area contributed by atoms with Gasteiger partial charge >= 0.3 is 0 Å². The summed E-state index contributed by atoms with van der Waals surface area (Å²) < 4.78 is 0. The summed E-state index contributed by atoms with van der Waals surface area (Å²) in [7, 11) is 0. The van der Waals surface area contributed by atoms with E-state index in [9.17, 15) is 4.79 Å². The first-order valence-corrected chi connectivity index (χ1v) is 9.03. The van der Waals surface area contributed by atoms with Crippen molar-refractivity contribution in [1.29, 1.82) is 0 Å². The van der Waals surface area contributed by atoms with Gasteiger partial charge in [-0.25, -0.2) is 9.97 Å². The Kier molecular flexibility index (Phi) is 5.50. The number of carbonyl (C=O) groups excluding carboxylic acids is 1. The number of hydrogen-bond donors (Lipinski definition) is 1. The van der Waals surface area contributed by atoms with Crippen LogP contribution in [-0.2, 0) is 0 Å². The maximum absolute atomic E-state index is 12.7. The third-order valence-electron chi connectivity index (χ3n) is 4.23. The fraction of sp³-hybridized carbons (Fsp3) is 0.227. The molecule has 0 radical (unpaired) electrons. The average molecular weight is 360 g/mol. The molecule has 0 fully saturated rings. The number of carbonyl (C=O) groups is 1. The van der Waals surface area contributed by atoms with Gasteiger partial charge in [0, 0.05) is 24.1 Å². The van der Waals surface area contributed by atoms with Crippen molar-refractivity contribution in [2.75, 3.05) is 16.8 Å². The Labute approximate surface area is 160 Å². The highest BCUT2D eigenvalue weighted by Gasteiger charge is 2.14. The van der Waals surface area contributed by atoms with Crippen molar-refractivity contribution in [3.8, 4) is 0 Å². The normalized spacial score (nSPS) is 10.5. The molecule has 3 aromatic rings. The van der Waals surface area contributed by atoms with Crippen molar-refractivity contribution in [2.45, 2.75) is 27.7 Å². The number of nitrogens with one attached hydrogen (secondary N) is 1. The van der Waals surface area contributed by atoms with E-state index in [4.69, 9.17) is 0 Å². The highest BCUT2D eigenvalue weighted by Crippen LogP contribution is 2.23. The molecule has 1 amide bonds. The van der Waals surface area contributed by atoms with E-state index in [2.05, 4.69) is 27.4 Å². The Morgan fingerprint density at radius 3 is 2.41 bits per heavy atom. The molecule has 0 unspecified atom stereocenters. The lowest BCUT2D eigenvalue weighted by atomic mass is 10.1. The zero-order valence-corrected chi connectivity index (χ0v) is 16.2. The minimum absolute atomic E-state index is 0.246. The van der Waals surface area contributed by atoms with Crippen molar-refractivity contribution in [2.24, 2.45) is 0 Å². The molecule has 0 bridgehead atoms. The Balaban J connectivity index is 1.86. The Morgan fingerprint density at radius 2 is 1.74 bits per heavy atom. The van der Waals surface area contributed by atoms with E-state index in [0.29, 0.717) is 18.2 Å². The Morgan fingerprint density at radius 1 is 1.00 bits per heavy atom. The van der Waals surface area contributed by atoms with Gasteiger partial charge in [-0.15, -0.1) is 0 Å². The van der Waals surface area contributed by atoms with Gasteiger partial charge in [0.15, 0.2) is 0 Å². The largest absolute Gasteiger partial charge is 0.321 e. The number of aromatic nitrogens is 2. The van der Waals surface area contributed by atoms with Crippen LogP contribution in [0.25, 0.3) is 0 Å². The molecule has 1 aromatic heterocycles. The number of amides is 1. The number of benzene rings is 2. The molecule has 5 heteroatoms. The van der Waals surface area contributed by atoms with Gasteiger partial charge in [-0.05, 0) is 74.7 Å². The van der Waals surface area contributed by atoms with Crippen molar-refractivity contribution < 1.29 is 4.79 Å². The summed E-state index contributed by atoms with van der Waals surface area (Å²) in [4.78, 5) is 23.5. The van der Waals surface area contributed by atoms with E-state index in [1.807, 2.05) is 62.9 Å². The summed E-state index contributed by atoms with van der Waals surface area (Å²) in [5.74, 6) is 0.264. The molecule has 5 nitrogen and oxygen atoms in total. The molecule has 0 aliphatic rings. The van der Waals surface area contributed by atoms with Crippen LogP contribution in [0, 0.1) is 20.8 Å². The predicted octanol–water partition coefficient (Wildman–Crippen LogP) is 4.81. The molecule has 0 saturated heterocycles. The first-order chi connectivity index (χ1) is 13.0. The molecule has 27 heavy (non-hydrogen) atoms. The Bertz CT molecular complexity index is 948. The number of aryl methyl sites for hydroxylation is 3. The monoisotopic (exact) mass is 360 g/mol. The summed E-state index contributed by atoms with van der Waals surface area (Å²) in [5, 5.41) is 2.93. The topological polar surface area (TPSA) is 58.1 Å². The molecule has 138 valence electrons. The van der Waals surface area contributed by atoms with Gasteiger partial charge < -0.3 is 10.2 Å². The minimum atomic E-state index is -0.246. The zero-order chi connectivity index (χ0) is 19.4. The molecule has 2 aromatic carbocycles. The zero-order valence-electron chi connectivity index (χ0n) is 16.2. The second-order valence-corrected chi connectivity index (χ2v) is 6.66.